The monoisotopic (exact) mass is 168 g/mol. The molecule has 1 saturated heterocycles. The van der Waals surface area contributed by atoms with Crippen LogP contribution in [0.4, 0.5) is 0 Å². The highest BCUT2D eigenvalue weighted by molar-refractivity contribution is 4.86. The van der Waals surface area contributed by atoms with Crippen molar-refractivity contribution in [3.8, 4) is 0 Å². The maximum Gasteiger partial charge on any atom is 0.240 e. The Kier molecular flexibility index (Phi) is 2.05. The maximum atomic E-state index is 4.94. The summed E-state index contributed by atoms with van der Waals surface area (Å²) in [6.07, 6.45) is 0. The van der Waals surface area contributed by atoms with Gasteiger partial charge in [0.25, 0.3) is 0 Å². The number of nitrogens with one attached hydrogen (secondary N) is 2. The van der Waals surface area contributed by atoms with E-state index in [4.69, 9.17) is 4.52 Å². The minimum Gasteiger partial charge on any atom is -0.338 e. The SMILES string of the molecule is Cc1noc(CNC2CNC2)n1. The molecule has 0 atom stereocenters. The summed E-state index contributed by atoms with van der Waals surface area (Å²) in [5.41, 5.74) is 0. The summed E-state index contributed by atoms with van der Waals surface area (Å²) in [7, 11) is 0. The fourth-order valence-corrected chi connectivity index (χ4v) is 1.08. The number of rotatable bonds is 3. The lowest BCUT2D eigenvalue weighted by Gasteiger charge is -2.27. The largest absolute Gasteiger partial charge is 0.338 e. The molecule has 5 nitrogen and oxygen atoms in total. The Labute approximate surface area is 70.5 Å². The third kappa shape index (κ3) is 1.62. The molecule has 2 N–H and O–H groups in total. The van der Waals surface area contributed by atoms with Gasteiger partial charge in [0.15, 0.2) is 5.82 Å². The average molecular weight is 168 g/mol. The Morgan fingerprint density at radius 1 is 1.67 bits per heavy atom. The predicted molar refractivity (Wildman–Crippen MR) is 42.5 cm³/mol. The van der Waals surface area contributed by atoms with Crippen molar-refractivity contribution >= 4 is 0 Å². The molecule has 0 unspecified atom stereocenters. The molecular formula is C7H12N4O. The smallest absolute Gasteiger partial charge is 0.240 e. The Balaban J connectivity index is 1.79. The summed E-state index contributed by atoms with van der Waals surface area (Å²) in [5.74, 6) is 1.36. The highest BCUT2D eigenvalue weighted by Crippen LogP contribution is 1.97. The van der Waals surface area contributed by atoms with Crippen LogP contribution in [0.5, 0.6) is 0 Å². The van der Waals surface area contributed by atoms with Gasteiger partial charge >= 0.3 is 0 Å². The molecule has 1 aromatic rings. The van der Waals surface area contributed by atoms with Gasteiger partial charge in [-0.05, 0) is 6.92 Å². The van der Waals surface area contributed by atoms with Gasteiger partial charge in [0.05, 0.1) is 6.54 Å². The highest BCUT2D eigenvalue weighted by atomic mass is 16.5. The zero-order chi connectivity index (χ0) is 8.39. The Bertz CT molecular complexity index is 256. The van der Waals surface area contributed by atoms with Crippen LogP contribution in [-0.4, -0.2) is 29.3 Å². The van der Waals surface area contributed by atoms with Gasteiger partial charge in [-0.2, -0.15) is 4.98 Å². The molecule has 0 aliphatic carbocycles. The van der Waals surface area contributed by atoms with Crippen LogP contribution in [0.25, 0.3) is 0 Å². The first-order valence-corrected chi connectivity index (χ1v) is 4.08. The van der Waals surface area contributed by atoms with Crippen molar-refractivity contribution in [2.75, 3.05) is 13.1 Å². The normalized spacial score (nSPS) is 17.8. The van der Waals surface area contributed by atoms with Gasteiger partial charge in [0.1, 0.15) is 0 Å². The van der Waals surface area contributed by atoms with E-state index in [1.165, 1.54) is 0 Å². The third-order valence-corrected chi connectivity index (χ3v) is 1.89. The number of hydrogen-bond acceptors (Lipinski definition) is 5. The van der Waals surface area contributed by atoms with E-state index in [2.05, 4.69) is 20.8 Å². The molecule has 0 bridgehead atoms. The van der Waals surface area contributed by atoms with Crippen molar-refractivity contribution in [2.24, 2.45) is 0 Å². The number of aryl methyl sites for hydroxylation is 1. The molecular weight excluding hydrogens is 156 g/mol. The number of nitrogens with zero attached hydrogens (tertiary/aromatic N) is 2. The molecule has 5 heteroatoms. The molecule has 0 spiro atoms. The fourth-order valence-electron chi connectivity index (χ4n) is 1.08. The van der Waals surface area contributed by atoms with E-state index in [-0.39, 0.29) is 0 Å². The van der Waals surface area contributed by atoms with Crippen LogP contribution in [0, 0.1) is 6.92 Å². The molecule has 0 saturated carbocycles. The lowest BCUT2D eigenvalue weighted by molar-refractivity contribution is 0.320. The van der Waals surface area contributed by atoms with Crippen LogP contribution >= 0.6 is 0 Å². The fraction of sp³-hybridized carbons (Fsp3) is 0.714. The van der Waals surface area contributed by atoms with Gasteiger partial charge in [-0.15, -0.1) is 0 Å². The van der Waals surface area contributed by atoms with E-state index in [9.17, 15) is 0 Å². The first-order chi connectivity index (χ1) is 5.84. The molecule has 12 heavy (non-hydrogen) atoms. The Hall–Kier alpha value is -0.940. The molecule has 2 rings (SSSR count). The molecule has 1 aliphatic heterocycles. The molecule has 1 aromatic heterocycles. The van der Waals surface area contributed by atoms with Gasteiger partial charge in [0.2, 0.25) is 5.89 Å². The molecule has 0 radical (unpaired) electrons. The van der Waals surface area contributed by atoms with E-state index < -0.39 is 0 Å². The Morgan fingerprint density at radius 3 is 3.00 bits per heavy atom. The molecule has 2 heterocycles. The zero-order valence-corrected chi connectivity index (χ0v) is 7.00. The van der Waals surface area contributed by atoms with Gasteiger partial charge in [0, 0.05) is 19.1 Å². The lowest BCUT2D eigenvalue weighted by atomic mass is 10.2. The second kappa shape index (κ2) is 3.20. The Morgan fingerprint density at radius 2 is 2.50 bits per heavy atom. The van der Waals surface area contributed by atoms with E-state index in [1.54, 1.807) is 0 Å². The molecule has 66 valence electrons. The number of hydrogen-bond donors (Lipinski definition) is 2. The second-order valence-electron chi connectivity index (χ2n) is 2.97. The summed E-state index contributed by atoms with van der Waals surface area (Å²) in [5, 5.41) is 10.2. The summed E-state index contributed by atoms with van der Waals surface area (Å²) in [4.78, 5) is 4.08. The van der Waals surface area contributed by atoms with Crippen molar-refractivity contribution in [2.45, 2.75) is 19.5 Å². The van der Waals surface area contributed by atoms with Crippen LogP contribution in [0.3, 0.4) is 0 Å². The van der Waals surface area contributed by atoms with E-state index >= 15 is 0 Å². The van der Waals surface area contributed by atoms with Crippen LogP contribution in [-0.2, 0) is 6.54 Å². The van der Waals surface area contributed by atoms with Crippen molar-refractivity contribution in [1.29, 1.82) is 0 Å². The van der Waals surface area contributed by atoms with Crippen molar-refractivity contribution in [1.82, 2.24) is 20.8 Å². The van der Waals surface area contributed by atoms with E-state index in [0.717, 1.165) is 13.1 Å². The van der Waals surface area contributed by atoms with Gasteiger partial charge in [-0.25, -0.2) is 0 Å². The maximum absolute atomic E-state index is 4.94. The minimum atomic E-state index is 0.567. The van der Waals surface area contributed by atoms with E-state index in [1.807, 2.05) is 6.92 Å². The summed E-state index contributed by atoms with van der Waals surface area (Å²) < 4.78 is 4.94. The first-order valence-electron chi connectivity index (χ1n) is 4.08. The van der Waals surface area contributed by atoms with Crippen molar-refractivity contribution in [3.05, 3.63) is 11.7 Å². The van der Waals surface area contributed by atoms with Crippen molar-refractivity contribution < 1.29 is 4.52 Å². The number of aromatic nitrogens is 2. The van der Waals surface area contributed by atoms with Crippen molar-refractivity contribution in [3.63, 3.8) is 0 Å². The average Bonchev–Trinajstić information content (AvgIpc) is 2.32. The molecule has 0 aromatic carbocycles. The molecule has 1 fully saturated rings. The second-order valence-corrected chi connectivity index (χ2v) is 2.97. The van der Waals surface area contributed by atoms with Crippen LogP contribution < -0.4 is 10.6 Å². The highest BCUT2D eigenvalue weighted by Gasteiger charge is 2.16. The summed E-state index contributed by atoms with van der Waals surface area (Å²) in [6.45, 7) is 4.56. The standard InChI is InChI=1S/C7H12N4O/c1-5-10-7(12-11-5)4-9-6-2-8-3-6/h6,8-9H,2-4H2,1H3. The zero-order valence-electron chi connectivity index (χ0n) is 7.00. The third-order valence-electron chi connectivity index (χ3n) is 1.89. The first kappa shape index (κ1) is 7.70. The predicted octanol–water partition coefficient (Wildman–Crippen LogP) is -0.561. The van der Waals surface area contributed by atoms with Crippen LogP contribution in [0.2, 0.25) is 0 Å². The van der Waals surface area contributed by atoms with Gasteiger partial charge in [-0.1, -0.05) is 5.16 Å². The topological polar surface area (TPSA) is 63.0 Å². The summed E-state index contributed by atoms with van der Waals surface area (Å²) >= 11 is 0. The minimum absolute atomic E-state index is 0.567. The van der Waals surface area contributed by atoms with Gasteiger partial charge in [-0.3, -0.25) is 0 Å². The lowest BCUT2D eigenvalue weighted by Crippen LogP contribution is -2.55. The van der Waals surface area contributed by atoms with Crippen LogP contribution in [0.15, 0.2) is 4.52 Å². The van der Waals surface area contributed by atoms with E-state index in [0.29, 0.717) is 24.3 Å². The van der Waals surface area contributed by atoms with Gasteiger partial charge < -0.3 is 15.2 Å². The quantitative estimate of drug-likeness (QED) is 0.633. The molecule has 1 aliphatic rings. The summed E-state index contributed by atoms with van der Waals surface area (Å²) in [6, 6.07) is 0.567. The molecule has 0 amide bonds. The van der Waals surface area contributed by atoms with Crippen LogP contribution in [0.1, 0.15) is 11.7 Å².